The Hall–Kier alpha value is -0.160. The summed E-state index contributed by atoms with van der Waals surface area (Å²) in [6.07, 6.45) is 0.764. The second kappa shape index (κ2) is 13.3. The van der Waals surface area contributed by atoms with E-state index in [2.05, 4.69) is 46.3 Å². The first-order valence-corrected chi connectivity index (χ1v) is 6.81. The normalized spacial score (nSPS) is 14.3. The summed E-state index contributed by atoms with van der Waals surface area (Å²) in [4.78, 5) is 0. The van der Waals surface area contributed by atoms with Crippen molar-refractivity contribution in [2.24, 2.45) is 11.8 Å². The maximum Gasteiger partial charge on any atom is 0.0698 e. The van der Waals surface area contributed by atoms with E-state index in [1.807, 2.05) is 0 Å². The average Bonchev–Trinajstić information content (AvgIpc) is 2.30. The first-order chi connectivity index (χ1) is 8.36. The molecule has 0 aromatic carbocycles. The standard InChI is InChI=1S/C10H22O.C4H10O3/c1-7(2)9(5)11-10(6)8(3)4;5-1-3-7-4-2-6/h7-10H,1-6H3;5-6H,1-4H2. The smallest absolute Gasteiger partial charge is 0.0698 e. The Labute approximate surface area is 112 Å². The van der Waals surface area contributed by atoms with Gasteiger partial charge in [-0.3, -0.25) is 0 Å². The van der Waals surface area contributed by atoms with Crippen molar-refractivity contribution < 1.29 is 19.7 Å². The van der Waals surface area contributed by atoms with E-state index in [-0.39, 0.29) is 13.2 Å². The zero-order valence-electron chi connectivity index (χ0n) is 12.8. The molecule has 0 aromatic rings. The van der Waals surface area contributed by atoms with Gasteiger partial charge in [-0.25, -0.2) is 0 Å². The first-order valence-electron chi connectivity index (χ1n) is 6.81. The lowest BCUT2D eigenvalue weighted by Gasteiger charge is -2.24. The second-order valence-corrected chi connectivity index (χ2v) is 5.09. The Morgan fingerprint density at radius 1 is 0.722 bits per heavy atom. The lowest BCUT2D eigenvalue weighted by molar-refractivity contribution is -0.0368. The molecule has 112 valence electrons. The number of hydrogen-bond donors (Lipinski definition) is 2. The number of aliphatic hydroxyl groups is 2. The van der Waals surface area contributed by atoms with Crippen molar-refractivity contribution >= 4 is 0 Å². The minimum Gasteiger partial charge on any atom is -0.394 e. The predicted octanol–water partition coefficient (Wildman–Crippen LogP) is 2.08. The number of hydrogen-bond acceptors (Lipinski definition) is 4. The third-order valence-corrected chi connectivity index (χ3v) is 2.78. The Morgan fingerprint density at radius 3 is 1.28 bits per heavy atom. The highest BCUT2D eigenvalue weighted by molar-refractivity contribution is 4.61. The van der Waals surface area contributed by atoms with Gasteiger partial charge in [-0.2, -0.15) is 0 Å². The van der Waals surface area contributed by atoms with E-state index in [0.717, 1.165) is 0 Å². The molecule has 2 N–H and O–H groups in total. The highest BCUT2D eigenvalue weighted by Crippen LogP contribution is 2.13. The van der Waals surface area contributed by atoms with Crippen molar-refractivity contribution in [1.29, 1.82) is 0 Å². The SMILES string of the molecule is CC(C)C(C)OC(C)C(C)C.OCCOCCO. The molecule has 0 spiro atoms. The fraction of sp³-hybridized carbons (Fsp3) is 1.00. The topological polar surface area (TPSA) is 58.9 Å². The molecule has 18 heavy (non-hydrogen) atoms. The van der Waals surface area contributed by atoms with E-state index in [1.165, 1.54) is 0 Å². The van der Waals surface area contributed by atoms with Crippen LogP contribution in [-0.2, 0) is 9.47 Å². The van der Waals surface area contributed by atoms with Crippen molar-refractivity contribution in [3.63, 3.8) is 0 Å². The fourth-order valence-electron chi connectivity index (χ4n) is 0.884. The minimum absolute atomic E-state index is 0.0278. The molecule has 2 atom stereocenters. The molecule has 0 rings (SSSR count). The van der Waals surface area contributed by atoms with Crippen molar-refractivity contribution in [3.8, 4) is 0 Å². The molecule has 2 unspecified atom stereocenters. The van der Waals surface area contributed by atoms with Crippen molar-refractivity contribution in [2.45, 2.75) is 53.8 Å². The number of rotatable bonds is 8. The van der Waals surface area contributed by atoms with Crippen LogP contribution >= 0.6 is 0 Å². The van der Waals surface area contributed by atoms with Crippen LogP contribution in [0, 0.1) is 11.8 Å². The minimum atomic E-state index is 0.0278. The Morgan fingerprint density at radius 2 is 1.06 bits per heavy atom. The maximum atomic E-state index is 8.09. The summed E-state index contributed by atoms with van der Waals surface area (Å²) in [5.74, 6) is 1.24. The molecular formula is C14H32O4. The molecule has 0 aliphatic rings. The Bertz CT molecular complexity index is 144. The molecule has 4 heteroatoms. The summed E-state index contributed by atoms with van der Waals surface area (Å²) in [6, 6.07) is 0. The van der Waals surface area contributed by atoms with Gasteiger partial charge >= 0.3 is 0 Å². The van der Waals surface area contributed by atoms with Crippen LogP contribution in [0.15, 0.2) is 0 Å². The van der Waals surface area contributed by atoms with Crippen LogP contribution in [0.25, 0.3) is 0 Å². The summed E-state index contributed by atoms with van der Waals surface area (Å²) in [6.45, 7) is 13.7. The van der Waals surface area contributed by atoms with E-state index in [4.69, 9.17) is 14.9 Å². The van der Waals surface area contributed by atoms with Gasteiger partial charge in [0.25, 0.3) is 0 Å². The lowest BCUT2D eigenvalue weighted by Crippen LogP contribution is -2.25. The number of aliphatic hydroxyl groups excluding tert-OH is 2. The van der Waals surface area contributed by atoms with Gasteiger partial charge in [-0.1, -0.05) is 27.7 Å². The van der Waals surface area contributed by atoms with Gasteiger partial charge in [0, 0.05) is 0 Å². The van der Waals surface area contributed by atoms with Gasteiger partial charge in [-0.15, -0.1) is 0 Å². The van der Waals surface area contributed by atoms with E-state index >= 15 is 0 Å². The molecule has 0 saturated carbocycles. The Balaban J connectivity index is 0. The van der Waals surface area contributed by atoms with Gasteiger partial charge in [0.05, 0.1) is 38.6 Å². The second-order valence-electron chi connectivity index (χ2n) is 5.09. The van der Waals surface area contributed by atoms with Crippen LogP contribution in [0.1, 0.15) is 41.5 Å². The molecule has 0 fully saturated rings. The van der Waals surface area contributed by atoms with Gasteiger partial charge in [0.1, 0.15) is 0 Å². The third kappa shape index (κ3) is 13.9. The molecule has 0 radical (unpaired) electrons. The molecule has 0 aliphatic carbocycles. The molecule has 0 bridgehead atoms. The van der Waals surface area contributed by atoms with Crippen molar-refractivity contribution in [2.75, 3.05) is 26.4 Å². The summed E-state index contributed by atoms with van der Waals surface area (Å²) in [7, 11) is 0. The highest BCUT2D eigenvalue weighted by atomic mass is 16.5. The zero-order chi connectivity index (χ0) is 14.6. The molecule has 0 saturated heterocycles. The van der Waals surface area contributed by atoms with Gasteiger partial charge in [0.15, 0.2) is 0 Å². The van der Waals surface area contributed by atoms with E-state index in [0.29, 0.717) is 37.3 Å². The Kier molecular flexibility index (Phi) is 14.9. The summed E-state index contributed by atoms with van der Waals surface area (Å²) in [5.41, 5.74) is 0. The summed E-state index contributed by atoms with van der Waals surface area (Å²) < 4.78 is 10.4. The highest BCUT2D eigenvalue weighted by Gasteiger charge is 2.13. The third-order valence-electron chi connectivity index (χ3n) is 2.78. The van der Waals surface area contributed by atoms with Crippen LogP contribution in [-0.4, -0.2) is 48.8 Å². The number of ether oxygens (including phenoxy) is 2. The van der Waals surface area contributed by atoms with Crippen LogP contribution in [0.3, 0.4) is 0 Å². The summed E-state index contributed by atoms with van der Waals surface area (Å²) >= 11 is 0. The van der Waals surface area contributed by atoms with Gasteiger partial charge in [-0.05, 0) is 25.7 Å². The van der Waals surface area contributed by atoms with Crippen LogP contribution in [0.5, 0.6) is 0 Å². The molecular weight excluding hydrogens is 232 g/mol. The van der Waals surface area contributed by atoms with Crippen molar-refractivity contribution in [3.05, 3.63) is 0 Å². The van der Waals surface area contributed by atoms with E-state index in [1.54, 1.807) is 0 Å². The van der Waals surface area contributed by atoms with E-state index in [9.17, 15) is 0 Å². The van der Waals surface area contributed by atoms with Crippen LogP contribution in [0.2, 0.25) is 0 Å². The maximum absolute atomic E-state index is 8.09. The molecule has 0 heterocycles. The monoisotopic (exact) mass is 264 g/mol. The summed E-state index contributed by atoms with van der Waals surface area (Å²) in [5, 5.41) is 16.2. The molecule has 0 aromatic heterocycles. The van der Waals surface area contributed by atoms with Crippen LogP contribution in [0.4, 0.5) is 0 Å². The molecule has 4 nitrogen and oxygen atoms in total. The van der Waals surface area contributed by atoms with Crippen LogP contribution < -0.4 is 0 Å². The quantitative estimate of drug-likeness (QED) is 0.659. The fourth-order valence-corrected chi connectivity index (χ4v) is 0.884. The van der Waals surface area contributed by atoms with Gasteiger partial charge < -0.3 is 19.7 Å². The predicted molar refractivity (Wildman–Crippen MR) is 74.7 cm³/mol. The van der Waals surface area contributed by atoms with E-state index < -0.39 is 0 Å². The largest absolute Gasteiger partial charge is 0.394 e. The lowest BCUT2D eigenvalue weighted by atomic mass is 10.1. The zero-order valence-corrected chi connectivity index (χ0v) is 12.8. The average molecular weight is 264 g/mol. The first kappa shape index (κ1) is 20.2. The molecule has 0 amide bonds. The van der Waals surface area contributed by atoms with Crippen molar-refractivity contribution in [1.82, 2.24) is 0 Å². The van der Waals surface area contributed by atoms with Gasteiger partial charge in [0.2, 0.25) is 0 Å². The molecule has 0 aliphatic heterocycles.